The Bertz CT molecular complexity index is 549. The second-order valence-electron chi connectivity index (χ2n) is 4.76. The van der Waals surface area contributed by atoms with Crippen LogP contribution in [0.1, 0.15) is 42.6 Å². The molecular weight excluding hydrogens is 267 g/mol. The highest BCUT2D eigenvalue weighted by atomic mass is 19.4. The maximum atomic E-state index is 12.7. The van der Waals surface area contributed by atoms with E-state index in [4.69, 9.17) is 0 Å². The minimum absolute atomic E-state index is 0.00158. The first-order valence-corrected chi connectivity index (χ1v) is 6.30. The van der Waals surface area contributed by atoms with Gasteiger partial charge in [-0.25, -0.2) is 0 Å². The lowest BCUT2D eigenvalue weighted by Crippen LogP contribution is -2.22. The number of H-pyrrole nitrogens is 1. The summed E-state index contributed by atoms with van der Waals surface area (Å²) in [6.45, 7) is 3.78. The lowest BCUT2D eigenvalue weighted by Gasteiger charge is -2.20. The smallest absolute Gasteiger partial charge is 0.304 e. The third kappa shape index (κ3) is 3.39. The van der Waals surface area contributed by atoms with Crippen LogP contribution >= 0.6 is 0 Å². The molecule has 6 heteroatoms. The molecule has 2 unspecified atom stereocenters. The Morgan fingerprint density at radius 1 is 1.15 bits per heavy atom. The number of nitrogens with one attached hydrogen (secondary N) is 2. The van der Waals surface area contributed by atoms with Gasteiger partial charge in [0.25, 0.3) is 0 Å². The van der Waals surface area contributed by atoms with E-state index in [2.05, 4.69) is 15.5 Å². The van der Waals surface area contributed by atoms with Gasteiger partial charge in [-0.3, -0.25) is 5.10 Å². The van der Waals surface area contributed by atoms with Crippen molar-refractivity contribution in [1.29, 1.82) is 0 Å². The molecule has 0 fully saturated rings. The minimum Gasteiger partial charge on any atom is -0.304 e. The standard InChI is InChI=1S/C14H16F3N3/c1-9(20-10(2)12-7-18-19-8-12)11-4-3-5-13(6-11)14(15,16)17/h3-10,20H,1-2H3,(H,18,19). The fraction of sp³-hybridized carbons (Fsp3) is 0.357. The number of aromatic nitrogens is 2. The number of hydrogen-bond acceptors (Lipinski definition) is 2. The first-order chi connectivity index (χ1) is 9.38. The summed E-state index contributed by atoms with van der Waals surface area (Å²) in [5.41, 5.74) is 0.943. The van der Waals surface area contributed by atoms with E-state index in [1.165, 1.54) is 12.1 Å². The Kier molecular flexibility index (Phi) is 4.13. The highest BCUT2D eigenvalue weighted by Gasteiger charge is 2.30. The van der Waals surface area contributed by atoms with Gasteiger partial charge in [0.1, 0.15) is 0 Å². The Hall–Kier alpha value is -1.82. The summed E-state index contributed by atoms with van der Waals surface area (Å²) in [7, 11) is 0. The largest absolute Gasteiger partial charge is 0.416 e. The summed E-state index contributed by atoms with van der Waals surface area (Å²) >= 11 is 0. The molecule has 2 aromatic rings. The van der Waals surface area contributed by atoms with Gasteiger partial charge in [0.2, 0.25) is 0 Å². The van der Waals surface area contributed by atoms with Crippen LogP contribution in [-0.4, -0.2) is 10.2 Å². The van der Waals surface area contributed by atoms with E-state index in [1.807, 2.05) is 13.8 Å². The SMILES string of the molecule is CC(NC(C)c1cccc(C(F)(F)F)c1)c1cn[nH]c1. The molecule has 2 atom stereocenters. The Morgan fingerprint density at radius 2 is 1.85 bits per heavy atom. The fourth-order valence-corrected chi connectivity index (χ4v) is 2.05. The molecule has 0 saturated heterocycles. The van der Waals surface area contributed by atoms with Crippen LogP contribution in [0.4, 0.5) is 13.2 Å². The van der Waals surface area contributed by atoms with Gasteiger partial charge in [0.15, 0.2) is 0 Å². The summed E-state index contributed by atoms with van der Waals surface area (Å²) in [6.07, 6.45) is -0.862. The summed E-state index contributed by atoms with van der Waals surface area (Å²) < 4.78 is 38.1. The molecule has 3 nitrogen and oxygen atoms in total. The van der Waals surface area contributed by atoms with E-state index >= 15 is 0 Å². The Balaban J connectivity index is 2.11. The van der Waals surface area contributed by atoms with Gasteiger partial charge in [-0.2, -0.15) is 18.3 Å². The van der Waals surface area contributed by atoms with Gasteiger partial charge in [-0.1, -0.05) is 12.1 Å². The topological polar surface area (TPSA) is 40.7 Å². The average Bonchev–Trinajstić information content (AvgIpc) is 2.91. The van der Waals surface area contributed by atoms with Crippen molar-refractivity contribution >= 4 is 0 Å². The van der Waals surface area contributed by atoms with E-state index in [0.717, 1.165) is 11.6 Å². The van der Waals surface area contributed by atoms with Crippen molar-refractivity contribution in [2.24, 2.45) is 0 Å². The molecule has 2 N–H and O–H groups in total. The highest BCUT2D eigenvalue weighted by Crippen LogP contribution is 2.31. The maximum Gasteiger partial charge on any atom is 0.416 e. The molecule has 1 aromatic carbocycles. The number of aromatic amines is 1. The van der Waals surface area contributed by atoms with Gasteiger partial charge in [0.05, 0.1) is 11.8 Å². The number of hydrogen-bond donors (Lipinski definition) is 2. The van der Waals surface area contributed by atoms with Crippen molar-refractivity contribution < 1.29 is 13.2 Å². The molecule has 0 aliphatic rings. The normalized spacial score (nSPS) is 15.1. The van der Waals surface area contributed by atoms with Crippen molar-refractivity contribution in [3.8, 4) is 0 Å². The molecule has 0 amide bonds. The van der Waals surface area contributed by atoms with Crippen molar-refractivity contribution in [2.75, 3.05) is 0 Å². The molecule has 20 heavy (non-hydrogen) atoms. The van der Waals surface area contributed by atoms with Crippen molar-refractivity contribution in [3.63, 3.8) is 0 Å². The van der Waals surface area contributed by atoms with Crippen LogP contribution in [0, 0.1) is 0 Å². The van der Waals surface area contributed by atoms with Crippen LogP contribution in [0.15, 0.2) is 36.7 Å². The van der Waals surface area contributed by atoms with E-state index in [-0.39, 0.29) is 12.1 Å². The quantitative estimate of drug-likeness (QED) is 0.895. The summed E-state index contributed by atoms with van der Waals surface area (Å²) in [5, 5.41) is 9.82. The number of rotatable bonds is 4. The van der Waals surface area contributed by atoms with Crippen LogP contribution in [0.2, 0.25) is 0 Å². The average molecular weight is 283 g/mol. The monoisotopic (exact) mass is 283 g/mol. The van der Waals surface area contributed by atoms with Crippen LogP contribution in [0.3, 0.4) is 0 Å². The van der Waals surface area contributed by atoms with Crippen LogP contribution in [-0.2, 0) is 6.18 Å². The van der Waals surface area contributed by atoms with Gasteiger partial charge in [-0.15, -0.1) is 0 Å². The first-order valence-electron chi connectivity index (χ1n) is 6.30. The molecule has 0 saturated carbocycles. The third-order valence-electron chi connectivity index (χ3n) is 3.23. The predicted octanol–water partition coefficient (Wildman–Crippen LogP) is 3.84. The second kappa shape index (κ2) is 5.66. The third-order valence-corrected chi connectivity index (χ3v) is 3.23. The first kappa shape index (κ1) is 14.6. The van der Waals surface area contributed by atoms with Gasteiger partial charge in [-0.05, 0) is 31.5 Å². The molecule has 0 aliphatic carbocycles. The molecule has 108 valence electrons. The number of alkyl halides is 3. The minimum atomic E-state index is -4.31. The molecule has 1 heterocycles. The molecular formula is C14H16F3N3. The predicted molar refractivity (Wildman–Crippen MR) is 70.0 cm³/mol. The van der Waals surface area contributed by atoms with Gasteiger partial charge < -0.3 is 5.32 Å². The number of halogens is 3. The van der Waals surface area contributed by atoms with E-state index < -0.39 is 11.7 Å². The summed E-state index contributed by atoms with van der Waals surface area (Å²) in [4.78, 5) is 0. The lowest BCUT2D eigenvalue weighted by molar-refractivity contribution is -0.137. The van der Waals surface area contributed by atoms with E-state index in [1.54, 1.807) is 18.5 Å². The Labute approximate surface area is 115 Å². The zero-order valence-corrected chi connectivity index (χ0v) is 11.2. The van der Waals surface area contributed by atoms with Gasteiger partial charge >= 0.3 is 6.18 Å². The number of nitrogens with zero attached hydrogens (tertiary/aromatic N) is 1. The lowest BCUT2D eigenvalue weighted by atomic mass is 10.0. The molecule has 0 radical (unpaired) electrons. The van der Waals surface area contributed by atoms with Crippen molar-refractivity contribution in [1.82, 2.24) is 15.5 Å². The Morgan fingerprint density at radius 3 is 2.45 bits per heavy atom. The van der Waals surface area contributed by atoms with Crippen molar-refractivity contribution in [3.05, 3.63) is 53.3 Å². The maximum absolute atomic E-state index is 12.7. The molecule has 0 spiro atoms. The van der Waals surface area contributed by atoms with Crippen LogP contribution < -0.4 is 5.32 Å². The second-order valence-corrected chi connectivity index (χ2v) is 4.76. The molecule has 0 bridgehead atoms. The van der Waals surface area contributed by atoms with Crippen LogP contribution in [0.5, 0.6) is 0 Å². The zero-order valence-electron chi connectivity index (χ0n) is 11.2. The van der Waals surface area contributed by atoms with E-state index in [9.17, 15) is 13.2 Å². The van der Waals surface area contributed by atoms with Crippen LogP contribution in [0.25, 0.3) is 0 Å². The summed E-state index contributed by atoms with van der Waals surface area (Å²) in [5.74, 6) is 0. The molecule has 1 aromatic heterocycles. The number of benzene rings is 1. The zero-order chi connectivity index (χ0) is 14.8. The summed E-state index contributed by atoms with van der Waals surface area (Å²) in [6, 6.07) is 5.18. The van der Waals surface area contributed by atoms with E-state index in [0.29, 0.717) is 5.56 Å². The van der Waals surface area contributed by atoms with Gasteiger partial charge in [0, 0.05) is 23.8 Å². The molecule has 2 rings (SSSR count). The fourth-order valence-electron chi connectivity index (χ4n) is 2.05. The van der Waals surface area contributed by atoms with Crippen molar-refractivity contribution in [2.45, 2.75) is 32.1 Å². The highest BCUT2D eigenvalue weighted by molar-refractivity contribution is 5.28. The molecule has 0 aliphatic heterocycles.